The molecule has 0 heterocycles. The molecule has 0 saturated carbocycles. The minimum atomic E-state index is -6.00. The fraction of sp³-hybridized carbons (Fsp3) is 0. The van der Waals surface area contributed by atoms with Crippen LogP contribution < -0.4 is 0 Å². The first-order valence-corrected chi connectivity index (χ1v) is 3.81. The highest BCUT2D eigenvalue weighted by molar-refractivity contribution is 6.50. The maximum Gasteiger partial charge on any atom is 0.673 e. The van der Waals surface area contributed by atoms with Crippen molar-refractivity contribution in [2.75, 3.05) is 0 Å². The van der Waals surface area contributed by atoms with Gasteiger partial charge < -0.3 is 17.3 Å². The zero-order chi connectivity index (χ0) is 13.6. The van der Waals surface area contributed by atoms with Crippen molar-refractivity contribution in [2.45, 2.75) is 0 Å². The molecule has 0 atom stereocenters. The summed E-state index contributed by atoms with van der Waals surface area (Å²) in [6, 6.07) is 2.70. The van der Waals surface area contributed by atoms with Crippen LogP contribution in [0.1, 0.15) is 0 Å². The second kappa shape index (κ2) is 5.73. The minimum absolute atomic E-state index is 0.316. The molecular formula is C6H3BF5N3O2. The number of hydrogen-bond donors (Lipinski definition) is 0. The lowest BCUT2D eigenvalue weighted by molar-refractivity contribution is -0.384. The van der Waals surface area contributed by atoms with Crippen molar-refractivity contribution in [3.8, 4) is 0 Å². The van der Waals surface area contributed by atoms with Crippen molar-refractivity contribution in [3.63, 3.8) is 0 Å². The van der Waals surface area contributed by atoms with Gasteiger partial charge in [0.1, 0.15) is 6.07 Å². The molecular weight excluding hydrogens is 252 g/mol. The number of halogens is 5. The molecule has 0 unspecified atom stereocenters. The Bertz CT molecular complexity index is 452. The number of nitro benzene ring substituents is 1. The van der Waals surface area contributed by atoms with Gasteiger partial charge in [0.05, 0.1) is 4.92 Å². The second-order valence-electron chi connectivity index (χ2n) is 2.49. The van der Waals surface area contributed by atoms with Gasteiger partial charge in [0.15, 0.2) is 4.98 Å². The Hall–Kier alpha value is -2.25. The molecule has 0 bridgehead atoms. The fourth-order valence-electron chi connectivity index (χ4n) is 0.691. The van der Waals surface area contributed by atoms with Crippen LogP contribution in [0.25, 0.3) is 4.98 Å². The maximum absolute atomic E-state index is 12.6. The highest BCUT2D eigenvalue weighted by Gasteiger charge is 2.20. The van der Waals surface area contributed by atoms with Gasteiger partial charge in [0, 0.05) is 6.07 Å². The topological polar surface area (TPSA) is 71.3 Å². The summed E-state index contributed by atoms with van der Waals surface area (Å²) in [5.41, 5.74) is -0.756. The lowest BCUT2D eigenvalue weighted by Gasteiger charge is -1.94. The van der Waals surface area contributed by atoms with Crippen molar-refractivity contribution in [2.24, 2.45) is 0 Å². The largest absolute Gasteiger partial charge is 0.673 e. The number of nitro groups is 1. The van der Waals surface area contributed by atoms with E-state index in [4.69, 9.17) is 5.39 Å². The average Bonchev–Trinajstić information content (AvgIpc) is 2.15. The van der Waals surface area contributed by atoms with Crippen LogP contribution >= 0.6 is 0 Å². The monoisotopic (exact) mass is 255 g/mol. The Balaban J connectivity index is 0.000000437. The lowest BCUT2D eigenvalue weighted by Crippen LogP contribution is -2.02. The molecule has 92 valence electrons. The van der Waals surface area contributed by atoms with Gasteiger partial charge in [-0.05, 0) is 6.07 Å². The van der Waals surface area contributed by atoms with Gasteiger partial charge in [0.2, 0.25) is 11.2 Å². The predicted octanol–water partition coefficient (Wildman–Crippen LogP) is 3.52. The molecule has 11 heteroatoms. The Kier molecular flexibility index (Phi) is 4.98. The van der Waals surface area contributed by atoms with Gasteiger partial charge in [-0.3, -0.25) is 10.1 Å². The molecule has 0 spiro atoms. The first kappa shape index (κ1) is 14.8. The summed E-state index contributed by atoms with van der Waals surface area (Å²) in [5.74, 6) is -0.803. The lowest BCUT2D eigenvalue weighted by atomic mass is 10.3. The van der Waals surface area contributed by atoms with E-state index in [0.717, 1.165) is 18.2 Å². The van der Waals surface area contributed by atoms with Gasteiger partial charge in [-0.25, -0.2) is 0 Å². The number of non-ortho nitro benzene ring substituents is 1. The van der Waals surface area contributed by atoms with Crippen molar-refractivity contribution in [1.29, 1.82) is 5.39 Å². The highest BCUT2D eigenvalue weighted by atomic mass is 19.5. The van der Waals surface area contributed by atoms with Gasteiger partial charge in [-0.2, -0.15) is 4.39 Å². The maximum atomic E-state index is 12.6. The molecule has 5 nitrogen and oxygen atoms in total. The van der Waals surface area contributed by atoms with Crippen LogP contribution in [0.5, 0.6) is 0 Å². The molecule has 0 aliphatic heterocycles. The standard InChI is InChI=1S/C6H3FN3O2.BF4/c7-5-2-1-4(10(11)12)3-6(5)9-8;2-1(3,4)5/h1-3H;/q+1;-1. The van der Waals surface area contributed by atoms with Crippen molar-refractivity contribution < 1.29 is 26.6 Å². The number of diazo groups is 1. The summed E-state index contributed by atoms with van der Waals surface area (Å²) in [7, 11) is -6.00. The summed E-state index contributed by atoms with van der Waals surface area (Å²) in [6.45, 7) is 0. The normalized spacial score (nSPS) is 9.88. The fourth-order valence-corrected chi connectivity index (χ4v) is 0.691. The summed E-state index contributed by atoms with van der Waals surface area (Å²) >= 11 is 0. The van der Waals surface area contributed by atoms with Gasteiger partial charge in [-0.1, -0.05) is 0 Å². The Morgan fingerprint density at radius 3 is 2.12 bits per heavy atom. The number of hydrogen-bond acceptors (Lipinski definition) is 3. The molecule has 17 heavy (non-hydrogen) atoms. The van der Waals surface area contributed by atoms with Crippen LogP contribution in [0, 0.1) is 21.3 Å². The van der Waals surface area contributed by atoms with E-state index in [-0.39, 0.29) is 5.69 Å². The second-order valence-corrected chi connectivity index (χ2v) is 2.49. The average molecular weight is 255 g/mol. The van der Waals surface area contributed by atoms with E-state index in [9.17, 15) is 31.8 Å². The van der Waals surface area contributed by atoms with E-state index in [1.54, 1.807) is 0 Å². The van der Waals surface area contributed by atoms with Gasteiger partial charge >= 0.3 is 12.9 Å². The smallest absolute Gasteiger partial charge is 0.418 e. The SMILES string of the molecule is F[B-](F)(F)F.N#[N+]c1cc([N+](=O)[O-])ccc1F. The van der Waals surface area contributed by atoms with Crippen LogP contribution in [0.2, 0.25) is 0 Å². The molecule has 1 rings (SSSR count). The van der Waals surface area contributed by atoms with Crippen LogP contribution in [-0.2, 0) is 0 Å². The minimum Gasteiger partial charge on any atom is -0.418 e. The molecule has 0 fully saturated rings. The van der Waals surface area contributed by atoms with Crippen LogP contribution in [0.3, 0.4) is 0 Å². The predicted molar refractivity (Wildman–Crippen MR) is 48.0 cm³/mol. The zero-order valence-corrected chi connectivity index (χ0v) is 7.86. The molecule has 0 saturated heterocycles. The van der Waals surface area contributed by atoms with E-state index in [1.165, 1.54) is 0 Å². The third-order valence-electron chi connectivity index (χ3n) is 1.25. The van der Waals surface area contributed by atoms with Gasteiger partial charge in [0.25, 0.3) is 5.69 Å². The van der Waals surface area contributed by atoms with E-state index < -0.39 is 23.7 Å². The van der Waals surface area contributed by atoms with E-state index in [2.05, 4.69) is 4.98 Å². The van der Waals surface area contributed by atoms with Crippen molar-refractivity contribution in [1.82, 2.24) is 0 Å². The number of benzene rings is 1. The van der Waals surface area contributed by atoms with Crippen LogP contribution in [-0.4, -0.2) is 12.2 Å². The Labute approximate surface area is 90.7 Å². The Morgan fingerprint density at radius 2 is 1.76 bits per heavy atom. The molecule has 0 aromatic heterocycles. The summed E-state index contributed by atoms with van der Waals surface area (Å²) in [4.78, 5) is 12.0. The number of nitrogens with zero attached hydrogens (tertiary/aromatic N) is 3. The molecule has 0 amide bonds. The molecule has 0 aliphatic rings. The van der Waals surface area contributed by atoms with Crippen LogP contribution in [0.15, 0.2) is 18.2 Å². The zero-order valence-electron chi connectivity index (χ0n) is 7.86. The van der Waals surface area contributed by atoms with Crippen molar-refractivity contribution in [3.05, 3.63) is 39.1 Å². The van der Waals surface area contributed by atoms with E-state index in [1.807, 2.05) is 0 Å². The molecule has 1 aromatic rings. The Morgan fingerprint density at radius 1 is 1.29 bits per heavy atom. The summed E-state index contributed by atoms with van der Waals surface area (Å²) in [5, 5.41) is 18.3. The first-order chi connectivity index (χ1) is 7.65. The highest BCUT2D eigenvalue weighted by Crippen LogP contribution is 2.23. The first-order valence-electron chi connectivity index (χ1n) is 3.81. The van der Waals surface area contributed by atoms with Crippen LogP contribution in [0.4, 0.5) is 33.0 Å². The van der Waals surface area contributed by atoms with Gasteiger partial charge in [-0.15, -0.1) is 0 Å². The van der Waals surface area contributed by atoms with E-state index >= 15 is 0 Å². The third-order valence-corrected chi connectivity index (χ3v) is 1.25. The number of rotatable bonds is 1. The molecule has 0 aliphatic carbocycles. The third kappa shape index (κ3) is 6.77. The summed E-state index contributed by atoms with van der Waals surface area (Å²) < 4.78 is 51.6. The van der Waals surface area contributed by atoms with Crippen molar-refractivity contribution >= 4 is 18.6 Å². The quantitative estimate of drug-likeness (QED) is 0.253. The molecule has 1 aromatic carbocycles. The van der Waals surface area contributed by atoms with E-state index in [0.29, 0.717) is 0 Å². The summed E-state index contributed by atoms with van der Waals surface area (Å²) in [6.07, 6.45) is 0. The molecule has 0 radical (unpaired) electrons. The molecule has 0 N–H and O–H groups in total.